The molecule has 2 aromatic rings. The zero-order valence-electron chi connectivity index (χ0n) is 19.8. The van der Waals surface area contributed by atoms with Crippen molar-refractivity contribution in [1.29, 1.82) is 0 Å². The van der Waals surface area contributed by atoms with Gasteiger partial charge in [0.05, 0.1) is 25.0 Å². The Morgan fingerprint density at radius 1 is 1.37 bits per heavy atom. The Labute approximate surface area is 212 Å². The number of aromatic nitrogens is 2. The topological polar surface area (TPSA) is 164 Å². The summed E-state index contributed by atoms with van der Waals surface area (Å²) in [6.45, 7) is 6.16. The Balaban J connectivity index is 1.53. The van der Waals surface area contributed by atoms with Gasteiger partial charge in [0, 0.05) is 27.1 Å². The van der Waals surface area contributed by atoms with Crippen molar-refractivity contribution in [1.82, 2.24) is 13.1 Å². The Bertz CT molecular complexity index is 1180. The minimum Gasteiger partial charge on any atom is -0.546 e. The SMILES string of the molecule is CC[C@@H](Nc1n[s+]([O-])nc1NC1CSC(S(=O)(=O)N2CCCC2CO)=C1O)c1cc(C(C)C)co1. The summed E-state index contributed by atoms with van der Waals surface area (Å²) in [7, 11) is -3.94. The number of sulfonamides is 1. The first-order valence-corrected chi connectivity index (χ1v) is 15.0. The van der Waals surface area contributed by atoms with E-state index in [2.05, 4.69) is 33.2 Å². The first-order chi connectivity index (χ1) is 16.6. The van der Waals surface area contributed by atoms with Crippen molar-refractivity contribution in [3.63, 3.8) is 0 Å². The van der Waals surface area contributed by atoms with Gasteiger partial charge in [0.2, 0.25) is 11.6 Å². The van der Waals surface area contributed by atoms with Crippen LogP contribution in [-0.4, -0.2) is 67.2 Å². The number of hydrogen-bond donors (Lipinski definition) is 4. The van der Waals surface area contributed by atoms with Crippen LogP contribution >= 0.6 is 22.9 Å². The van der Waals surface area contributed by atoms with E-state index in [1.807, 2.05) is 13.0 Å². The van der Waals surface area contributed by atoms with E-state index in [0.29, 0.717) is 37.5 Å². The molecule has 4 atom stereocenters. The van der Waals surface area contributed by atoms with E-state index in [0.717, 1.165) is 17.3 Å². The summed E-state index contributed by atoms with van der Waals surface area (Å²) in [5.74, 6) is 1.39. The van der Waals surface area contributed by atoms with Gasteiger partial charge in [-0.15, -0.1) is 11.8 Å². The highest BCUT2D eigenvalue weighted by molar-refractivity contribution is 8.18. The summed E-state index contributed by atoms with van der Waals surface area (Å²) >= 11 is -0.823. The zero-order chi connectivity index (χ0) is 25.3. The van der Waals surface area contributed by atoms with Gasteiger partial charge in [0.1, 0.15) is 11.5 Å². The Hall–Kier alpha value is -1.84. The Morgan fingerprint density at radius 2 is 2.11 bits per heavy atom. The number of nitrogens with zero attached hydrogens (tertiary/aromatic N) is 3. The molecule has 0 aliphatic carbocycles. The van der Waals surface area contributed by atoms with Crippen molar-refractivity contribution in [2.24, 2.45) is 0 Å². The van der Waals surface area contributed by atoms with Gasteiger partial charge in [-0.2, -0.15) is 4.31 Å². The molecule has 0 aromatic carbocycles. The summed E-state index contributed by atoms with van der Waals surface area (Å²) < 4.78 is 53.3. The third-order valence-corrected chi connectivity index (χ3v) is 10.7. The molecule has 4 heterocycles. The molecule has 0 radical (unpaired) electrons. The Morgan fingerprint density at radius 3 is 2.77 bits per heavy atom. The van der Waals surface area contributed by atoms with Crippen LogP contribution in [0.15, 0.2) is 26.7 Å². The van der Waals surface area contributed by atoms with E-state index in [-0.39, 0.29) is 40.0 Å². The van der Waals surface area contributed by atoms with Crippen LogP contribution in [0.3, 0.4) is 0 Å². The first kappa shape index (κ1) is 26.2. The minimum absolute atomic E-state index is 0.134. The minimum atomic E-state index is -3.94. The van der Waals surface area contributed by atoms with Crippen LogP contribution in [0.1, 0.15) is 63.3 Å². The van der Waals surface area contributed by atoms with Gasteiger partial charge in [0.25, 0.3) is 10.0 Å². The maximum Gasteiger partial charge on any atom is 0.252 e. The van der Waals surface area contributed by atoms with Gasteiger partial charge in [-0.25, -0.2) is 8.42 Å². The molecular weight excluding hydrogens is 514 g/mol. The standard InChI is InChI=1S/C21H31N5O6S3/c1-4-15(17-8-13(10-32-17)12(2)3)22-19-20(25-34(29)24-19)23-16-11-33-21(18(16)28)35(30,31)26-7-5-6-14(26)9-27/h8,10,12,14-16,27-28H,4-7,9,11H2,1-3H3,(H,22,24)(H,23,25)/t14?,15-,16?,34?/m1/s1. The fraction of sp³-hybridized carbons (Fsp3) is 0.619. The number of hydrogen-bond acceptors (Lipinski definition) is 11. The monoisotopic (exact) mass is 545 g/mol. The van der Waals surface area contributed by atoms with E-state index in [1.54, 1.807) is 6.26 Å². The van der Waals surface area contributed by atoms with Gasteiger partial charge in [-0.05, 0) is 36.8 Å². The molecule has 194 valence electrons. The molecule has 2 aliphatic rings. The van der Waals surface area contributed by atoms with Gasteiger partial charge >= 0.3 is 0 Å². The molecule has 2 aliphatic heterocycles. The van der Waals surface area contributed by atoms with Crippen LogP contribution in [0.2, 0.25) is 0 Å². The lowest BCUT2D eigenvalue weighted by molar-refractivity contribution is 0.214. The molecule has 0 bridgehead atoms. The fourth-order valence-electron chi connectivity index (χ4n) is 4.20. The lowest BCUT2D eigenvalue weighted by Crippen LogP contribution is -2.38. The summed E-state index contributed by atoms with van der Waals surface area (Å²) in [4.78, 5) is 0. The Kier molecular flexibility index (Phi) is 7.98. The largest absolute Gasteiger partial charge is 0.546 e. The van der Waals surface area contributed by atoms with Crippen molar-refractivity contribution in [2.75, 3.05) is 29.5 Å². The number of thioether (sulfide) groups is 1. The van der Waals surface area contributed by atoms with Crippen LogP contribution in [0.5, 0.6) is 0 Å². The lowest BCUT2D eigenvalue weighted by atomic mass is 10.1. The molecule has 35 heavy (non-hydrogen) atoms. The molecule has 11 nitrogen and oxygen atoms in total. The normalized spacial score (nSPS) is 22.9. The quantitative estimate of drug-likeness (QED) is 0.323. The highest BCUT2D eigenvalue weighted by Crippen LogP contribution is 2.40. The van der Waals surface area contributed by atoms with Crippen molar-refractivity contribution in [3.05, 3.63) is 33.6 Å². The molecule has 1 saturated heterocycles. The van der Waals surface area contributed by atoms with Gasteiger partial charge in [0.15, 0.2) is 15.4 Å². The number of aliphatic hydroxyl groups excluding tert-OH is 2. The molecule has 0 spiro atoms. The molecule has 1 fully saturated rings. The van der Waals surface area contributed by atoms with Gasteiger partial charge in [-0.3, -0.25) is 0 Å². The molecule has 2 aromatic heterocycles. The van der Waals surface area contributed by atoms with Gasteiger partial charge < -0.3 is 29.8 Å². The molecule has 14 heteroatoms. The lowest BCUT2D eigenvalue weighted by Gasteiger charge is -2.22. The van der Waals surface area contributed by atoms with Crippen molar-refractivity contribution in [2.45, 2.75) is 64.1 Å². The van der Waals surface area contributed by atoms with E-state index >= 15 is 0 Å². The fourth-order valence-corrected chi connectivity index (χ4v) is 8.32. The second-order valence-corrected chi connectivity index (χ2v) is 12.9. The summed E-state index contributed by atoms with van der Waals surface area (Å²) in [5, 5.41) is 26.5. The molecule has 3 unspecified atom stereocenters. The average molecular weight is 546 g/mol. The third kappa shape index (κ3) is 5.32. The van der Waals surface area contributed by atoms with Crippen molar-refractivity contribution in [3.8, 4) is 0 Å². The number of rotatable bonds is 10. The molecular formula is C21H31N5O6S3. The predicted octanol–water partition coefficient (Wildman–Crippen LogP) is 3.52. The average Bonchev–Trinajstić information content (AvgIpc) is 3.60. The second-order valence-electron chi connectivity index (χ2n) is 8.93. The smallest absolute Gasteiger partial charge is 0.252 e. The van der Waals surface area contributed by atoms with Crippen molar-refractivity contribution < 1.29 is 27.6 Å². The summed E-state index contributed by atoms with van der Waals surface area (Å²) in [5.41, 5.74) is 1.07. The number of aliphatic hydroxyl groups is 2. The molecule has 0 saturated carbocycles. The molecule has 4 N–H and O–H groups in total. The van der Waals surface area contributed by atoms with Gasteiger partial charge in [-0.1, -0.05) is 20.8 Å². The van der Waals surface area contributed by atoms with Crippen LogP contribution < -0.4 is 10.6 Å². The van der Waals surface area contributed by atoms with Crippen LogP contribution in [0.4, 0.5) is 11.6 Å². The third-order valence-electron chi connectivity index (χ3n) is 6.24. The first-order valence-electron chi connectivity index (χ1n) is 11.6. The number of anilines is 2. The van der Waals surface area contributed by atoms with Crippen molar-refractivity contribution >= 4 is 44.6 Å². The van der Waals surface area contributed by atoms with E-state index in [4.69, 9.17) is 4.42 Å². The second kappa shape index (κ2) is 10.6. The summed E-state index contributed by atoms with van der Waals surface area (Å²) in [6, 6.07) is 0.491. The maximum atomic E-state index is 13.1. The van der Waals surface area contributed by atoms with E-state index in [1.165, 1.54) is 4.31 Å². The zero-order valence-corrected chi connectivity index (χ0v) is 22.3. The summed E-state index contributed by atoms with van der Waals surface area (Å²) in [6.07, 6.45) is 3.62. The number of nitrogens with one attached hydrogen (secondary N) is 2. The highest BCUT2D eigenvalue weighted by Gasteiger charge is 2.42. The molecule has 0 amide bonds. The molecule has 4 rings (SSSR count). The van der Waals surface area contributed by atoms with Crippen LogP contribution in [0, 0.1) is 0 Å². The van der Waals surface area contributed by atoms with Crippen LogP contribution in [0.25, 0.3) is 0 Å². The number of furan rings is 1. The van der Waals surface area contributed by atoms with E-state index in [9.17, 15) is 23.2 Å². The predicted molar refractivity (Wildman–Crippen MR) is 135 cm³/mol. The van der Waals surface area contributed by atoms with E-state index < -0.39 is 33.2 Å². The maximum absolute atomic E-state index is 13.1. The van der Waals surface area contributed by atoms with Crippen LogP contribution in [-0.2, 0) is 10.0 Å². The highest BCUT2D eigenvalue weighted by atomic mass is 32.3.